The maximum atomic E-state index is 12.8. The van der Waals surface area contributed by atoms with Crippen molar-refractivity contribution in [2.45, 2.75) is 38.9 Å². The Balaban J connectivity index is 1.84. The fourth-order valence-corrected chi connectivity index (χ4v) is 4.62. The molecular weight excluding hydrogens is 401 g/mol. The number of carboxylic acid groups (broad SMARTS) is 1. The average molecular weight is 422 g/mol. The summed E-state index contributed by atoms with van der Waals surface area (Å²) in [7, 11) is 0. The first-order chi connectivity index (χ1) is 13.7. The molecular formula is C21H21F3N2O2S. The normalized spacial score (nSPS) is 18.5. The van der Waals surface area contributed by atoms with Gasteiger partial charge in [0.25, 0.3) is 0 Å². The van der Waals surface area contributed by atoms with Crippen LogP contribution in [0.4, 0.5) is 13.2 Å². The summed E-state index contributed by atoms with van der Waals surface area (Å²) in [6, 6.07) is 5.14. The molecule has 0 saturated heterocycles. The predicted molar refractivity (Wildman–Crippen MR) is 109 cm³/mol. The fourth-order valence-electron chi connectivity index (χ4n) is 3.36. The summed E-state index contributed by atoms with van der Waals surface area (Å²) in [6.45, 7) is 6.05. The van der Waals surface area contributed by atoms with Crippen LogP contribution in [0.1, 0.15) is 47.6 Å². The lowest BCUT2D eigenvalue weighted by Gasteiger charge is -2.14. The lowest BCUT2D eigenvalue weighted by Crippen LogP contribution is -2.31. The molecule has 2 heterocycles. The van der Waals surface area contributed by atoms with Gasteiger partial charge >= 0.3 is 12.1 Å². The van der Waals surface area contributed by atoms with Gasteiger partial charge in [0.1, 0.15) is 5.37 Å². The van der Waals surface area contributed by atoms with Gasteiger partial charge in [-0.05, 0) is 38.5 Å². The monoisotopic (exact) mass is 422 g/mol. The van der Waals surface area contributed by atoms with Gasteiger partial charge in [-0.15, -0.1) is 0 Å². The van der Waals surface area contributed by atoms with Crippen LogP contribution in [0.5, 0.6) is 0 Å². The Labute approximate surface area is 170 Å². The Morgan fingerprint density at radius 1 is 1.24 bits per heavy atom. The molecule has 2 aromatic rings. The minimum absolute atomic E-state index is 0.187. The molecule has 1 atom stereocenters. The molecule has 0 radical (unpaired) electrons. The van der Waals surface area contributed by atoms with Gasteiger partial charge in [-0.25, -0.2) is 4.79 Å². The Kier molecular flexibility index (Phi) is 5.84. The van der Waals surface area contributed by atoms with Crippen molar-refractivity contribution in [1.29, 1.82) is 0 Å². The van der Waals surface area contributed by atoms with Gasteiger partial charge in [-0.2, -0.15) is 13.2 Å². The number of nitrogens with zero attached hydrogens (tertiary/aromatic N) is 1. The number of aromatic nitrogens is 1. The van der Waals surface area contributed by atoms with Crippen LogP contribution in [0.25, 0.3) is 12.2 Å². The zero-order chi connectivity index (χ0) is 21.3. The van der Waals surface area contributed by atoms with Crippen LogP contribution >= 0.6 is 11.8 Å². The first-order valence-electron chi connectivity index (χ1n) is 9.01. The highest BCUT2D eigenvalue weighted by Gasteiger charge is 2.31. The molecule has 1 unspecified atom stereocenters. The van der Waals surface area contributed by atoms with Crippen molar-refractivity contribution >= 4 is 29.9 Å². The number of carbonyl (C=O) groups is 1. The molecule has 2 N–H and O–H groups in total. The van der Waals surface area contributed by atoms with Gasteiger partial charge in [0.15, 0.2) is 0 Å². The smallest absolute Gasteiger partial charge is 0.416 e. The van der Waals surface area contributed by atoms with Crippen molar-refractivity contribution in [3.8, 4) is 0 Å². The van der Waals surface area contributed by atoms with E-state index in [0.29, 0.717) is 11.8 Å². The summed E-state index contributed by atoms with van der Waals surface area (Å²) in [4.78, 5) is 12.5. The van der Waals surface area contributed by atoms with E-state index in [2.05, 4.69) is 5.32 Å². The Morgan fingerprint density at radius 2 is 1.90 bits per heavy atom. The molecule has 1 aromatic heterocycles. The number of rotatable bonds is 4. The summed E-state index contributed by atoms with van der Waals surface area (Å²) in [6.07, 6.45) is 0.921. The molecule has 154 valence electrons. The Morgan fingerprint density at radius 3 is 2.41 bits per heavy atom. The third-order valence-electron chi connectivity index (χ3n) is 4.83. The van der Waals surface area contributed by atoms with Crippen molar-refractivity contribution in [2.24, 2.45) is 0 Å². The molecule has 0 fully saturated rings. The van der Waals surface area contributed by atoms with Crippen LogP contribution in [-0.4, -0.2) is 15.6 Å². The number of aromatic carboxylic acids is 1. The zero-order valence-corrected chi connectivity index (χ0v) is 17.0. The number of nitrogens with one attached hydrogen (secondary N) is 1. The molecule has 0 aliphatic carbocycles. The highest BCUT2D eigenvalue weighted by molar-refractivity contribution is 8.03. The maximum Gasteiger partial charge on any atom is 0.416 e. The van der Waals surface area contributed by atoms with Crippen molar-refractivity contribution in [3.05, 3.63) is 68.3 Å². The van der Waals surface area contributed by atoms with E-state index < -0.39 is 17.7 Å². The summed E-state index contributed by atoms with van der Waals surface area (Å²) in [5, 5.41) is 14.1. The molecule has 29 heavy (non-hydrogen) atoms. The van der Waals surface area contributed by atoms with E-state index in [9.17, 15) is 23.1 Å². The highest BCUT2D eigenvalue weighted by Crippen LogP contribution is 2.41. The van der Waals surface area contributed by atoms with E-state index in [0.717, 1.165) is 33.6 Å². The fraction of sp³-hybridized carbons (Fsp3) is 0.286. The molecule has 0 spiro atoms. The Hall–Kier alpha value is -2.61. The highest BCUT2D eigenvalue weighted by atomic mass is 32.2. The maximum absolute atomic E-state index is 12.8. The molecule has 0 saturated carbocycles. The van der Waals surface area contributed by atoms with Gasteiger partial charge < -0.3 is 15.0 Å². The second-order valence-electron chi connectivity index (χ2n) is 6.66. The van der Waals surface area contributed by atoms with E-state index >= 15 is 0 Å². The second kappa shape index (κ2) is 8.02. The number of hydrogen-bond acceptors (Lipinski definition) is 3. The molecule has 0 amide bonds. The summed E-state index contributed by atoms with van der Waals surface area (Å²) in [5.41, 5.74) is 1.25. The minimum atomic E-state index is -4.36. The predicted octanol–water partition coefficient (Wildman–Crippen LogP) is 4.07. The van der Waals surface area contributed by atoms with Crippen molar-refractivity contribution in [1.82, 2.24) is 9.88 Å². The zero-order valence-electron chi connectivity index (χ0n) is 16.2. The van der Waals surface area contributed by atoms with Gasteiger partial charge in [-0.3, -0.25) is 0 Å². The number of benzene rings is 1. The molecule has 1 aliphatic rings. The van der Waals surface area contributed by atoms with Crippen LogP contribution in [0.15, 0.2) is 41.1 Å². The van der Waals surface area contributed by atoms with Gasteiger partial charge in [-0.1, -0.05) is 36.0 Å². The molecule has 1 aliphatic heterocycles. The topological polar surface area (TPSA) is 54.3 Å². The summed E-state index contributed by atoms with van der Waals surface area (Å²) < 4.78 is 40.2. The van der Waals surface area contributed by atoms with Crippen molar-refractivity contribution < 1.29 is 23.1 Å². The summed E-state index contributed by atoms with van der Waals surface area (Å²) in [5.74, 6) is -0.981. The van der Waals surface area contributed by atoms with E-state index in [1.165, 1.54) is 23.9 Å². The molecule has 3 rings (SSSR count). The lowest BCUT2D eigenvalue weighted by molar-refractivity contribution is -0.137. The molecule has 8 heteroatoms. The SMILES string of the molecule is C/C=c1/c(C(=O)O)cn(CC2=C(C)NC(c3ccc(C(F)(F)F)cc3)S2)/c1=C/C. The third-order valence-corrected chi connectivity index (χ3v) is 6.18. The lowest BCUT2D eigenvalue weighted by atomic mass is 10.1. The van der Waals surface area contributed by atoms with Crippen LogP contribution in [-0.2, 0) is 12.7 Å². The molecule has 4 nitrogen and oxygen atoms in total. The third kappa shape index (κ3) is 4.22. The van der Waals surface area contributed by atoms with Gasteiger partial charge in [0.2, 0.25) is 0 Å². The van der Waals surface area contributed by atoms with E-state index in [1.807, 2.05) is 24.5 Å². The van der Waals surface area contributed by atoms with Crippen LogP contribution in [0.3, 0.4) is 0 Å². The molecule has 0 bridgehead atoms. The standard InChI is InChI=1S/C21H21F3N2O2S/c1-4-15-16(20(27)28)10-26(17(15)5-2)11-18-12(3)25-19(29-18)13-6-8-14(9-7-13)21(22,23)24/h4-10,19,25H,11H2,1-3H3,(H,27,28)/b15-4-,17-5+. The first-order valence-corrected chi connectivity index (χ1v) is 9.89. The van der Waals surface area contributed by atoms with Gasteiger partial charge in [0, 0.05) is 27.4 Å². The molecule has 1 aromatic carbocycles. The van der Waals surface area contributed by atoms with Crippen LogP contribution < -0.4 is 15.9 Å². The minimum Gasteiger partial charge on any atom is -0.478 e. The number of alkyl halides is 3. The van der Waals surface area contributed by atoms with E-state index in [-0.39, 0.29) is 10.9 Å². The average Bonchev–Trinajstić information content (AvgIpc) is 3.21. The largest absolute Gasteiger partial charge is 0.478 e. The van der Waals surface area contributed by atoms with Crippen molar-refractivity contribution in [3.63, 3.8) is 0 Å². The van der Waals surface area contributed by atoms with Gasteiger partial charge in [0.05, 0.1) is 17.7 Å². The van der Waals surface area contributed by atoms with E-state index in [4.69, 9.17) is 0 Å². The summed E-state index contributed by atoms with van der Waals surface area (Å²) >= 11 is 1.53. The van der Waals surface area contributed by atoms with Crippen LogP contribution in [0, 0.1) is 0 Å². The van der Waals surface area contributed by atoms with E-state index in [1.54, 1.807) is 19.2 Å². The quantitative estimate of drug-likeness (QED) is 0.780. The number of hydrogen-bond donors (Lipinski definition) is 2. The first kappa shape index (κ1) is 21.1. The number of allylic oxidation sites excluding steroid dienone is 2. The number of carboxylic acids is 1. The number of halogens is 3. The van der Waals surface area contributed by atoms with Crippen LogP contribution in [0.2, 0.25) is 0 Å². The Bertz CT molecular complexity index is 1080. The number of thioether (sulfide) groups is 1. The van der Waals surface area contributed by atoms with Crippen molar-refractivity contribution in [2.75, 3.05) is 0 Å². The second-order valence-corrected chi connectivity index (χ2v) is 7.86.